The maximum atomic E-state index is 12.0. The molecule has 120 valence electrons. The molecule has 0 atom stereocenters. The normalized spacial score (nSPS) is 13.5. The summed E-state index contributed by atoms with van der Waals surface area (Å²) >= 11 is 1.54. The minimum Gasteiger partial charge on any atom is -0.350 e. The first-order chi connectivity index (χ1) is 9.81. The fraction of sp³-hybridized carbons (Fsp3) is 0.333. The fourth-order valence-electron chi connectivity index (χ4n) is 2.09. The number of amides is 1. The highest BCUT2D eigenvalue weighted by Gasteiger charge is 2.18. The first-order valence-corrected chi connectivity index (χ1v) is 7.66. The minimum atomic E-state index is -0.0625. The molecule has 1 fully saturated rings. The van der Waals surface area contributed by atoms with Gasteiger partial charge in [0.25, 0.3) is 5.91 Å². The summed E-state index contributed by atoms with van der Waals surface area (Å²) in [6, 6.07) is 10.2. The number of nitrogens with one attached hydrogen (secondary N) is 2. The van der Waals surface area contributed by atoms with E-state index in [1.54, 1.807) is 11.3 Å². The zero-order valence-electron chi connectivity index (χ0n) is 12.0. The van der Waals surface area contributed by atoms with Crippen molar-refractivity contribution in [3.05, 3.63) is 52.0 Å². The summed E-state index contributed by atoms with van der Waals surface area (Å²) in [4.78, 5) is 16.4. The van der Waals surface area contributed by atoms with Crippen LogP contribution in [0.5, 0.6) is 0 Å². The lowest BCUT2D eigenvalue weighted by atomic mass is 10.0. The summed E-state index contributed by atoms with van der Waals surface area (Å²) < 4.78 is 0. The molecule has 1 aromatic heterocycles. The lowest BCUT2D eigenvalue weighted by Crippen LogP contribution is -2.48. The predicted molar refractivity (Wildman–Crippen MR) is 94.6 cm³/mol. The van der Waals surface area contributed by atoms with Gasteiger partial charge in [-0.2, -0.15) is 0 Å². The van der Waals surface area contributed by atoms with Crippen LogP contribution in [-0.2, 0) is 6.42 Å². The Bertz CT molecular complexity index is 587. The molecule has 1 aliphatic heterocycles. The van der Waals surface area contributed by atoms with E-state index in [9.17, 15) is 4.79 Å². The van der Waals surface area contributed by atoms with Crippen molar-refractivity contribution in [2.75, 3.05) is 19.6 Å². The Labute approximate surface area is 146 Å². The van der Waals surface area contributed by atoms with E-state index < -0.39 is 0 Å². The molecule has 7 heteroatoms. The standard InChI is InChI=1S/C15H17N3OS.2ClH/c19-15(17-9-12-7-16-8-12)13-10-20-14(18-13)6-11-4-2-1-3-5-11;;/h1-5,10,12,16H,6-9H2,(H,17,19);2*1H. The average molecular weight is 360 g/mol. The molecular weight excluding hydrogens is 341 g/mol. The van der Waals surface area contributed by atoms with Gasteiger partial charge < -0.3 is 10.6 Å². The molecule has 4 nitrogen and oxygen atoms in total. The van der Waals surface area contributed by atoms with Gasteiger partial charge in [0.15, 0.2) is 0 Å². The third kappa shape index (κ3) is 4.95. The Balaban J connectivity index is 0.00000121. The first-order valence-electron chi connectivity index (χ1n) is 6.78. The molecule has 3 rings (SSSR count). The van der Waals surface area contributed by atoms with Gasteiger partial charge in [-0.1, -0.05) is 30.3 Å². The monoisotopic (exact) mass is 359 g/mol. The van der Waals surface area contributed by atoms with Gasteiger partial charge in [0.05, 0.1) is 5.01 Å². The Morgan fingerprint density at radius 2 is 2.00 bits per heavy atom. The zero-order valence-corrected chi connectivity index (χ0v) is 14.4. The van der Waals surface area contributed by atoms with Crippen molar-refractivity contribution in [1.29, 1.82) is 0 Å². The number of hydrogen-bond acceptors (Lipinski definition) is 4. The lowest BCUT2D eigenvalue weighted by molar-refractivity contribution is 0.0937. The van der Waals surface area contributed by atoms with E-state index in [0.717, 1.165) is 31.1 Å². The predicted octanol–water partition coefficient (Wildman–Crippen LogP) is 2.53. The van der Waals surface area contributed by atoms with Crippen LogP contribution in [0.2, 0.25) is 0 Å². The number of rotatable bonds is 5. The molecule has 2 aromatic rings. The maximum absolute atomic E-state index is 12.0. The van der Waals surface area contributed by atoms with Gasteiger partial charge in [-0.15, -0.1) is 36.2 Å². The van der Waals surface area contributed by atoms with Gasteiger partial charge in [-0.05, 0) is 5.56 Å². The van der Waals surface area contributed by atoms with Crippen LogP contribution in [0.4, 0.5) is 0 Å². The summed E-state index contributed by atoms with van der Waals surface area (Å²) in [5, 5.41) is 8.95. The topological polar surface area (TPSA) is 54.0 Å². The Hall–Kier alpha value is -1.14. The Morgan fingerprint density at radius 1 is 1.27 bits per heavy atom. The van der Waals surface area contributed by atoms with Crippen molar-refractivity contribution in [2.24, 2.45) is 5.92 Å². The highest BCUT2D eigenvalue weighted by atomic mass is 35.5. The highest BCUT2D eigenvalue weighted by Crippen LogP contribution is 2.14. The van der Waals surface area contributed by atoms with Crippen LogP contribution in [0, 0.1) is 5.92 Å². The molecule has 1 aliphatic rings. The summed E-state index contributed by atoms with van der Waals surface area (Å²) in [6.45, 7) is 2.73. The maximum Gasteiger partial charge on any atom is 0.270 e. The molecule has 0 spiro atoms. The molecule has 0 aliphatic carbocycles. The summed E-state index contributed by atoms with van der Waals surface area (Å²) in [5.41, 5.74) is 1.75. The molecule has 0 bridgehead atoms. The Morgan fingerprint density at radius 3 is 2.64 bits per heavy atom. The number of nitrogens with zero attached hydrogens (tertiary/aromatic N) is 1. The van der Waals surface area contributed by atoms with Crippen LogP contribution >= 0.6 is 36.2 Å². The molecule has 0 unspecified atom stereocenters. The van der Waals surface area contributed by atoms with Gasteiger partial charge in [0.1, 0.15) is 5.69 Å². The number of carbonyl (C=O) groups is 1. The lowest BCUT2D eigenvalue weighted by Gasteiger charge is -2.26. The van der Waals surface area contributed by atoms with Gasteiger partial charge in [0.2, 0.25) is 0 Å². The molecule has 2 heterocycles. The smallest absolute Gasteiger partial charge is 0.270 e. The summed E-state index contributed by atoms with van der Waals surface area (Å²) in [6.07, 6.45) is 0.783. The van der Waals surface area contributed by atoms with Crippen LogP contribution in [0.3, 0.4) is 0 Å². The van der Waals surface area contributed by atoms with E-state index >= 15 is 0 Å². The van der Waals surface area contributed by atoms with Crippen molar-refractivity contribution in [3.63, 3.8) is 0 Å². The Kier molecular flexibility index (Phi) is 7.82. The van der Waals surface area contributed by atoms with Crippen molar-refractivity contribution in [2.45, 2.75) is 6.42 Å². The van der Waals surface area contributed by atoms with Crippen LogP contribution in [0.25, 0.3) is 0 Å². The van der Waals surface area contributed by atoms with Crippen LogP contribution in [-0.4, -0.2) is 30.5 Å². The number of carbonyl (C=O) groups excluding carboxylic acids is 1. The molecule has 1 aromatic carbocycles. The zero-order chi connectivity index (χ0) is 13.8. The van der Waals surface area contributed by atoms with E-state index in [1.807, 2.05) is 23.6 Å². The fourth-order valence-corrected chi connectivity index (χ4v) is 2.90. The second-order valence-electron chi connectivity index (χ2n) is 5.02. The SMILES string of the molecule is Cl.Cl.O=C(NCC1CNC1)c1csc(Cc2ccccc2)n1. The first kappa shape index (κ1) is 18.9. The van der Waals surface area contributed by atoms with Gasteiger partial charge in [-0.25, -0.2) is 4.98 Å². The van der Waals surface area contributed by atoms with Crippen molar-refractivity contribution in [3.8, 4) is 0 Å². The molecule has 22 heavy (non-hydrogen) atoms. The second kappa shape index (κ2) is 9.10. The van der Waals surface area contributed by atoms with Crippen molar-refractivity contribution in [1.82, 2.24) is 15.6 Å². The van der Waals surface area contributed by atoms with E-state index in [0.29, 0.717) is 11.6 Å². The highest BCUT2D eigenvalue weighted by molar-refractivity contribution is 7.09. The minimum absolute atomic E-state index is 0. The number of benzene rings is 1. The molecule has 0 saturated carbocycles. The third-order valence-corrected chi connectivity index (χ3v) is 4.25. The van der Waals surface area contributed by atoms with Crippen LogP contribution in [0.1, 0.15) is 21.1 Å². The quantitative estimate of drug-likeness (QED) is 0.862. The number of thiazole rings is 1. The second-order valence-corrected chi connectivity index (χ2v) is 5.97. The van der Waals surface area contributed by atoms with Crippen LogP contribution < -0.4 is 10.6 Å². The third-order valence-electron chi connectivity index (χ3n) is 3.40. The molecular formula is C15H19Cl2N3OS. The van der Waals surface area contributed by atoms with E-state index in [2.05, 4.69) is 27.8 Å². The summed E-state index contributed by atoms with van der Waals surface area (Å²) in [7, 11) is 0. The van der Waals surface area contributed by atoms with E-state index in [-0.39, 0.29) is 30.7 Å². The van der Waals surface area contributed by atoms with Crippen molar-refractivity contribution >= 4 is 42.1 Å². The molecule has 1 saturated heterocycles. The van der Waals surface area contributed by atoms with Gasteiger partial charge >= 0.3 is 0 Å². The molecule has 0 radical (unpaired) electrons. The average Bonchev–Trinajstić information content (AvgIpc) is 2.86. The van der Waals surface area contributed by atoms with Gasteiger partial charge in [-0.3, -0.25) is 4.79 Å². The van der Waals surface area contributed by atoms with E-state index in [4.69, 9.17) is 0 Å². The number of halogens is 2. The largest absolute Gasteiger partial charge is 0.350 e. The molecule has 1 amide bonds. The van der Waals surface area contributed by atoms with E-state index in [1.165, 1.54) is 5.56 Å². The number of hydrogen-bond donors (Lipinski definition) is 2. The van der Waals surface area contributed by atoms with Crippen molar-refractivity contribution < 1.29 is 4.79 Å². The van der Waals surface area contributed by atoms with Crippen LogP contribution in [0.15, 0.2) is 35.7 Å². The van der Waals surface area contributed by atoms with Gasteiger partial charge in [0, 0.05) is 37.4 Å². The summed E-state index contributed by atoms with van der Waals surface area (Å²) in [5.74, 6) is 0.508. The molecule has 2 N–H and O–H groups in total. The number of aromatic nitrogens is 1.